The first-order valence-electron chi connectivity index (χ1n) is 9.11. The fraction of sp³-hybridized carbons (Fsp3) is 0.190. The zero-order chi connectivity index (χ0) is 20.1. The van der Waals surface area contributed by atoms with Crippen LogP contribution in [0.5, 0.6) is 11.5 Å². The van der Waals surface area contributed by atoms with E-state index in [1.165, 1.54) is 0 Å². The number of para-hydroxylation sites is 1. The van der Waals surface area contributed by atoms with E-state index in [2.05, 4.69) is 20.4 Å². The van der Waals surface area contributed by atoms with Crippen LogP contribution in [0, 0.1) is 0 Å². The van der Waals surface area contributed by atoms with Gasteiger partial charge in [-0.2, -0.15) is 4.98 Å². The number of benzene rings is 2. The lowest BCUT2D eigenvalue weighted by Gasteiger charge is -2.04. The maximum absolute atomic E-state index is 12.2. The van der Waals surface area contributed by atoms with Crippen molar-refractivity contribution in [3.05, 3.63) is 72.0 Å². The Hall–Kier alpha value is -3.81. The third-order valence-corrected chi connectivity index (χ3v) is 4.40. The molecule has 1 amide bonds. The number of amides is 1. The van der Waals surface area contributed by atoms with Gasteiger partial charge in [-0.15, -0.1) is 0 Å². The summed E-state index contributed by atoms with van der Waals surface area (Å²) < 4.78 is 15.9. The van der Waals surface area contributed by atoms with Crippen LogP contribution in [0.1, 0.15) is 17.3 Å². The van der Waals surface area contributed by atoms with Crippen molar-refractivity contribution in [2.75, 3.05) is 7.11 Å². The van der Waals surface area contributed by atoms with Gasteiger partial charge in [0, 0.05) is 17.1 Å². The molecule has 2 heterocycles. The number of nitrogens with one attached hydrogen (secondary N) is 2. The van der Waals surface area contributed by atoms with E-state index in [9.17, 15) is 4.79 Å². The first-order chi connectivity index (χ1) is 14.2. The molecule has 2 N–H and O–H groups in total. The van der Waals surface area contributed by atoms with E-state index in [0.29, 0.717) is 17.5 Å². The highest BCUT2D eigenvalue weighted by Gasteiger charge is 2.11. The number of fused-ring (bicyclic) bond motifs is 1. The summed E-state index contributed by atoms with van der Waals surface area (Å²) in [4.78, 5) is 19.6. The molecule has 0 aliphatic carbocycles. The van der Waals surface area contributed by atoms with Crippen LogP contribution in [0.4, 0.5) is 0 Å². The lowest BCUT2D eigenvalue weighted by molar-refractivity contribution is -0.120. The summed E-state index contributed by atoms with van der Waals surface area (Å²) in [6.45, 7) is 0.329. The van der Waals surface area contributed by atoms with Crippen molar-refractivity contribution < 1.29 is 18.8 Å². The van der Waals surface area contributed by atoms with Crippen LogP contribution in [-0.2, 0) is 24.4 Å². The number of hydrogen-bond acceptors (Lipinski definition) is 6. The predicted octanol–water partition coefficient (Wildman–Crippen LogP) is 3.00. The maximum Gasteiger partial charge on any atom is 0.246 e. The zero-order valence-electron chi connectivity index (χ0n) is 15.8. The van der Waals surface area contributed by atoms with Crippen LogP contribution in [0.2, 0.25) is 0 Å². The molecule has 0 bridgehead atoms. The average Bonchev–Trinajstić information content (AvgIpc) is 3.38. The van der Waals surface area contributed by atoms with Crippen molar-refractivity contribution >= 4 is 16.8 Å². The highest BCUT2D eigenvalue weighted by molar-refractivity contribution is 5.88. The standard InChI is InChI=1S/C21H20N4O4/c1-27-15-6-8-16(9-7-15)28-13-19-24-21(29-25-19)12-23-20(26)10-14-11-22-18-5-3-2-4-17(14)18/h2-9,11,22H,10,12-13H2,1H3,(H,23,26). The normalized spacial score (nSPS) is 10.8. The van der Waals surface area contributed by atoms with Crippen LogP contribution in [0.15, 0.2) is 59.3 Å². The van der Waals surface area contributed by atoms with E-state index in [-0.39, 0.29) is 25.5 Å². The summed E-state index contributed by atoms with van der Waals surface area (Å²) >= 11 is 0. The summed E-state index contributed by atoms with van der Waals surface area (Å²) in [5, 5.41) is 7.71. The van der Waals surface area contributed by atoms with Crippen molar-refractivity contribution in [3.63, 3.8) is 0 Å². The Morgan fingerprint density at radius 1 is 1.14 bits per heavy atom. The summed E-state index contributed by atoms with van der Waals surface area (Å²) in [5.74, 6) is 2.03. The fourth-order valence-electron chi connectivity index (χ4n) is 2.93. The number of hydrogen-bond donors (Lipinski definition) is 2. The molecule has 0 spiro atoms. The van der Waals surface area contributed by atoms with E-state index in [0.717, 1.165) is 22.2 Å². The molecule has 0 saturated heterocycles. The highest BCUT2D eigenvalue weighted by Crippen LogP contribution is 2.19. The molecule has 0 fully saturated rings. The van der Waals surface area contributed by atoms with E-state index < -0.39 is 0 Å². The smallest absolute Gasteiger partial charge is 0.246 e. The van der Waals surface area contributed by atoms with Gasteiger partial charge in [0.25, 0.3) is 0 Å². The van der Waals surface area contributed by atoms with Gasteiger partial charge in [-0.25, -0.2) is 0 Å². The zero-order valence-corrected chi connectivity index (χ0v) is 15.8. The molecule has 0 aliphatic heterocycles. The molecule has 29 heavy (non-hydrogen) atoms. The number of H-pyrrole nitrogens is 1. The van der Waals surface area contributed by atoms with Crippen LogP contribution >= 0.6 is 0 Å². The third-order valence-electron chi connectivity index (χ3n) is 4.40. The molecule has 8 nitrogen and oxygen atoms in total. The lowest BCUT2D eigenvalue weighted by atomic mass is 10.1. The summed E-state index contributed by atoms with van der Waals surface area (Å²) in [7, 11) is 1.61. The number of carbonyl (C=O) groups is 1. The Kier molecular flexibility index (Phi) is 5.42. The maximum atomic E-state index is 12.2. The fourth-order valence-corrected chi connectivity index (χ4v) is 2.93. The third kappa shape index (κ3) is 4.55. The molecular weight excluding hydrogens is 372 g/mol. The van der Waals surface area contributed by atoms with Gasteiger partial charge in [0.1, 0.15) is 11.5 Å². The van der Waals surface area contributed by atoms with E-state index in [1.807, 2.05) is 30.5 Å². The number of aromatic amines is 1. The Morgan fingerprint density at radius 2 is 1.93 bits per heavy atom. The summed E-state index contributed by atoms with van der Waals surface area (Å²) in [6, 6.07) is 15.1. The van der Waals surface area contributed by atoms with Gasteiger partial charge in [0.05, 0.1) is 20.1 Å². The minimum atomic E-state index is -0.121. The van der Waals surface area contributed by atoms with Crippen molar-refractivity contribution in [3.8, 4) is 11.5 Å². The Morgan fingerprint density at radius 3 is 2.76 bits per heavy atom. The van der Waals surface area contributed by atoms with Gasteiger partial charge in [-0.3, -0.25) is 4.79 Å². The average molecular weight is 392 g/mol. The highest BCUT2D eigenvalue weighted by atomic mass is 16.5. The second kappa shape index (κ2) is 8.47. The van der Waals surface area contributed by atoms with Crippen molar-refractivity contribution in [2.24, 2.45) is 0 Å². The Balaban J connectivity index is 1.27. The number of aromatic nitrogens is 3. The van der Waals surface area contributed by atoms with Crippen LogP contribution in [0.25, 0.3) is 10.9 Å². The predicted molar refractivity (Wildman–Crippen MR) is 105 cm³/mol. The molecule has 4 aromatic rings. The largest absolute Gasteiger partial charge is 0.497 e. The van der Waals surface area contributed by atoms with Gasteiger partial charge < -0.3 is 24.3 Å². The molecule has 4 rings (SSSR count). The molecule has 0 unspecified atom stereocenters. The summed E-state index contributed by atoms with van der Waals surface area (Å²) in [5.41, 5.74) is 1.95. The van der Waals surface area contributed by atoms with Crippen molar-refractivity contribution in [1.82, 2.24) is 20.4 Å². The molecule has 0 saturated carbocycles. The number of methoxy groups -OCH3 is 1. The summed E-state index contributed by atoms with van der Waals surface area (Å²) in [6.07, 6.45) is 2.12. The number of carbonyl (C=O) groups excluding carboxylic acids is 1. The van der Waals surface area contributed by atoms with Gasteiger partial charge in [-0.05, 0) is 35.9 Å². The van der Waals surface area contributed by atoms with Gasteiger partial charge in [-0.1, -0.05) is 23.4 Å². The first kappa shape index (κ1) is 18.5. The SMILES string of the molecule is COc1ccc(OCc2noc(CNC(=O)Cc3c[nH]c4ccccc34)n2)cc1. The number of rotatable bonds is 8. The number of nitrogens with zero attached hydrogens (tertiary/aromatic N) is 2. The molecule has 0 radical (unpaired) electrons. The van der Waals surface area contributed by atoms with Crippen molar-refractivity contribution in [1.29, 1.82) is 0 Å². The first-order valence-corrected chi connectivity index (χ1v) is 9.11. The molecule has 0 aliphatic rings. The van der Waals surface area contributed by atoms with Gasteiger partial charge >= 0.3 is 0 Å². The molecular formula is C21H20N4O4. The minimum Gasteiger partial charge on any atom is -0.497 e. The van der Waals surface area contributed by atoms with Gasteiger partial charge in [0.15, 0.2) is 6.61 Å². The monoisotopic (exact) mass is 392 g/mol. The molecule has 2 aromatic carbocycles. The van der Waals surface area contributed by atoms with E-state index in [4.69, 9.17) is 14.0 Å². The number of ether oxygens (including phenoxy) is 2. The van der Waals surface area contributed by atoms with Crippen LogP contribution in [0.3, 0.4) is 0 Å². The van der Waals surface area contributed by atoms with E-state index in [1.54, 1.807) is 31.4 Å². The molecule has 2 aromatic heterocycles. The van der Waals surface area contributed by atoms with E-state index >= 15 is 0 Å². The van der Waals surface area contributed by atoms with Crippen molar-refractivity contribution in [2.45, 2.75) is 19.6 Å². The molecule has 0 atom stereocenters. The lowest BCUT2D eigenvalue weighted by Crippen LogP contribution is -2.24. The Labute approximate surface area is 166 Å². The topological polar surface area (TPSA) is 102 Å². The second-order valence-electron chi connectivity index (χ2n) is 6.38. The van der Waals surface area contributed by atoms with Crippen LogP contribution in [-0.4, -0.2) is 28.1 Å². The quantitative estimate of drug-likeness (QED) is 0.478. The second-order valence-corrected chi connectivity index (χ2v) is 6.38. The Bertz CT molecular complexity index is 1100. The minimum absolute atomic E-state index is 0.121. The molecule has 148 valence electrons. The van der Waals surface area contributed by atoms with Crippen LogP contribution < -0.4 is 14.8 Å². The van der Waals surface area contributed by atoms with Gasteiger partial charge in [0.2, 0.25) is 17.6 Å². The molecule has 8 heteroatoms.